The van der Waals surface area contributed by atoms with Gasteiger partial charge in [0.15, 0.2) is 0 Å². The van der Waals surface area contributed by atoms with Crippen molar-refractivity contribution in [2.24, 2.45) is 5.73 Å². The number of carbonyl (C=O) groups is 2. The lowest BCUT2D eigenvalue weighted by molar-refractivity contribution is -0.140. The minimum atomic E-state index is -1.69. The zero-order valence-corrected chi connectivity index (χ0v) is 21.6. The predicted molar refractivity (Wildman–Crippen MR) is 147 cm³/mol. The molecule has 1 amide bonds. The Morgan fingerprint density at radius 2 is 1.71 bits per heavy atom. The highest BCUT2D eigenvalue weighted by molar-refractivity contribution is 9.10. The number of rotatable bonds is 2. The number of aromatic nitrogens is 2. The summed E-state index contributed by atoms with van der Waals surface area (Å²) >= 11 is 3.54. The van der Waals surface area contributed by atoms with Crippen LogP contribution < -0.4 is 15.8 Å². The Morgan fingerprint density at radius 1 is 1.03 bits per heavy atom. The van der Waals surface area contributed by atoms with Crippen molar-refractivity contribution in [3.63, 3.8) is 0 Å². The van der Waals surface area contributed by atoms with E-state index in [1.54, 1.807) is 13.0 Å². The van der Waals surface area contributed by atoms with Crippen LogP contribution in [-0.2, 0) is 19.7 Å². The molecular weight excluding hydrogens is 548 g/mol. The second-order valence-electron chi connectivity index (χ2n) is 9.12. The van der Waals surface area contributed by atoms with Crippen molar-refractivity contribution in [2.75, 3.05) is 11.9 Å². The van der Waals surface area contributed by atoms with Gasteiger partial charge >= 0.3 is 5.97 Å². The Bertz CT molecular complexity index is 1920. The Labute approximate surface area is 224 Å². The highest BCUT2D eigenvalue weighted by Gasteiger charge is 2.60. The standard InChI is InChI=1S/C29H19BrN4O4/c1-2-37-27(35)22-26(31)38-25-16-8-4-3-7-15(16)23-24(33-20-10-6-5-9-19(20)32-23)21(25)29(22)17-13-14(30)11-12-18(17)34-28(29)36/h3-13H,2,31H2,1H3,(H,34,36). The molecule has 8 nitrogen and oxygen atoms in total. The molecule has 0 radical (unpaired) electrons. The number of para-hydroxylation sites is 2. The molecule has 0 saturated heterocycles. The third kappa shape index (κ3) is 2.84. The summed E-state index contributed by atoms with van der Waals surface area (Å²) in [6.45, 7) is 1.78. The fourth-order valence-corrected chi connectivity index (χ4v) is 6.01. The van der Waals surface area contributed by atoms with E-state index >= 15 is 0 Å². The number of carbonyl (C=O) groups excluding carboxylic acids is 2. The highest BCUT2D eigenvalue weighted by atomic mass is 79.9. The molecule has 9 heteroatoms. The van der Waals surface area contributed by atoms with E-state index in [9.17, 15) is 9.59 Å². The third-order valence-corrected chi connectivity index (χ3v) is 7.62. The van der Waals surface area contributed by atoms with Crippen molar-refractivity contribution in [3.05, 3.63) is 93.8 Å². The quantitative estimate of drug-likeness (QED) is 0.174. The molecule has 5 aromatic rings. The van der Waals surface area contributed by atoms with E-state index in [-0.39, 0.29) is 18.1 Å². The van der Waals surface area contributed by atoms with E-state index < -0.39 is 17.3 Å². The second-order valence-corrected chi connectivity index (χ2v) is 10.0. The number of nitrogens with two attached hydrogens (primary N) is 1. The number of esters is 1. The van der Waals surface area contributed by atoms with Gasteiger partial charge in [0.2, 0.25) is 11.8 Å². The normalized spacial score (nSPS) is 18.0. The molecule has 1 spiro atoms. The fraction of sp³-hybridized carbons (Fsp3) is 0.103. The zero-order valence-electron chi connectivity index (χ0n) is 20.0. The Balaban J connectivity index is 1.75. The van der Waals surface area contributed by atoms with Crippen LogP contribution in [0, 0.1) is 0 Å². The number of nitrogens with zero attached hydrogens (tertiary/aromatic N) is 2. The maximum Gasteiger partial charge on any atom is 0.341 e. The lowest BCUT2D eigenvalue weighted by Gasteiger charge is -2.36. The second kappa shape index (κ2) is 8.00. The topological polar surface area (TPSA) is 116 Å². The number of anilines is 1. The van der Waals surface area contributed by atoms with Gasteiger partial charge in [-0.05, 0) is 37.3 Å². The molecule has 3 heterocycles. The molecule has 2 aliphatic heterocycles. The van der Waals surface area contributed by atoms with Crippen LogP contribution in [0.4, 0.5) is 5.69 Å². The number of ether oxygens (including phenoxy) is 2. The number of halogens is 1. The fourth-order valence-electron chi connectivity index (χ4n) is 5.64. The van der Waals surface area contributed by atoms with Gasteiger partial charge in [-0.15, -0.1) is 0 Å². The number of amides is 1. The Hall–Kier alpha value is -4.50. The molecule has 1 atom stereocenters. The van der Waals surface area contributed by atoms with E-state index in [4.69, 9.17) is 25.2 Å². The van der Waals surface area contributed by atoms with Crippen LogP contribution in [0.1, 0.15) is 18.1 Å². The number of hydrogen-bond acceptors (Lipinski definition) is 7. The van der Waals surface area contributed by atoms with Gasteiger partial charge in [-0.25, -0.2) is 14.8 Å². The van der Waals surface area contributed by atoms with Gasteiger partial charge in [-0.3, -0.25) is 4.79 Å². The first-order valence-corrected chi connectivity index (χ1v) is 12.8. The van der Waals surface area contributed by atoms with Crippen LogP contribution in [0.5, 0.6) is 5.75 Å². The van der Waals surface area contributed by atoms with Crippen LogP contribution in [-0.4, -0.2) is 28.5 Å². The average molecular weight is 567 g/mol. The molecule has 186 valence electrons. The molecular formula is C29H19BrN4O4. The summed E-state index contributed by atoms with van der Waals surface area (Å²) in [5.41, 5.74) is 8.57. The summed E-state index contributed by atoms with van der Waals surface area (Å²) in [5.74, 6) is -1.04. The molecule has 0 bridgehead atoms. The van der Waals surface area contributed by atoms with E-state index in [0.29, 0.717) is 50.0 Å². The van der Waals surface area contributed by atoms with E-state index in [1.165, 1.54) is 0 Å². The minimum absolute atomic E-state index is 0.0901. The maximum atomic E-state index is 14.3. The van der Waals surface area contributed by atoms with E-state index in [1.807, 2.05) is 60.7 Å². The number of fused-ring (bicyclic) bond motifs is 10. The SMILES string of the molecule is CCOC(=O)C1=C(N)Oc2c(c3nc4ccccc4nc3c3ccccc23)C12C(=O)Nc1ccc(Br)cc12. The molecule has 1 aromatic heterocycles. The summed E-state index contributed by atoms with van der Waals surface area (Å²) in [6, 6.07) is 20.5. The molecule has 0 saturated carbocycles. The van der Waals surface area contributed by atoms with Crippen molar-refractivity contribution < 1.29 is 19.1 Å². The molecule has 4 aromatic carbocycles. The first-order chi connectivity index (χ1) is 18.4. The smallest absolute Gasteiger partial charge is 0.341 e. The van der Waals surface area contributed by atoms with Gasteiger partial charge in [0.1, 0.15) is 16.7 Å². The molecule has 1 unspecified atom stereocenters. The average Bonchev–Trinajstić information content (AvgIpc) is 3.19. The number of benzene rings is 4. The van der Waals surface area contributed by atoms with Gasteiger partial charge in [-0.2, -0.15) is 0 Å². The highest BCUT2D eigenvalue weighted by Crippen LogP contribution is 2.57. The molecule has 7 rings (SSSR count). The number of hydrogen-bond donors (Lipinski definition) is 2. The summed E-state index contributed by atoms with van der Waals surface area (Å²) in [4.78, 5) is 37.8. The molecule has 38 heavy (non-hydrogen) atoms. The summed E-state index contributed by atoms with van der Waals surface area (Å²) < 4.78 is 12.4. The Kier molecular flexibility index (Phi) is 4.77. The van der Waals surface area contributed by atoms with Gasteiger partial charge < -0.3 is 20.5 Å². The maximum absolute atomic E-state index is 14.3. The molecule has 2 aliphatic rings. The summed E-state index contributed by atoms with van der Waals surface area (Å²) in [6.07, 6.45) is 0. The van der Waals surface area contributed by atoms with Crippen molar-refractivity contribution >= 4 is 66.3 Å². The van der Waals surface area contributed by atoms with Crippen LogP contribution in [0.25, 0.3) is 32.8 Å². The lowest BCUT2D eigenvalue weighted by Crippen LogP contribution is -2.46. The minimum Gasteiger partial charge on any atom is -0.462 e. The van der Waals surface area contributed by atoms with Gasteiger partial charge in [-0.1, -0.05) is 52.3 Å². The van der Waals surface area contributed by atoms with E-state index in [2.05, 4.69) is 21.2 Å². The third-order valence-electron chi connectivity index (χ3n) is 7.12. The van der Waals surface area contributed by atoms with Crippen molar-refractivity contribution in [1.82, 2.24) is 9.97 Å². The van der Waals surface area contributed by atoms with Crippen LogP contribution in [0.15, 0.2) is 82.7 Å². The van der Waals surface area contributed by atoms with Crippen molar-refractivity contribution in [2.45, 2.75) is 12.3 Å². The van der Waals surface area contributed by atoms with Gasteiger partial charge in [0, 0.05) is 32.1 Å². The largest absolute Gasteiger partial charge is 0.462 e. The van der Waals surface area contributed by atoms with Gasteiger partial charge in [0.25, 0.3) is 0 Å². The van der Waals surface area contributed by atoms with Crippen LogP contribution in [0.2, 0.25) is 0 Å². The predicted octanol–water partition coefficient (Wildman–Crippen LogP) is 5.06. The first kappa shape index (κ1) is 22.7. The number of nitrogens with one attached hydrogen (secondary N) is 1. The summed E-state index contributed by atoms with van der Waals surface area (Å²) in [5, 5.41) is 4.44. The molecule has 0 fully saturated rings. The molecule has 0 aliphatic carbocycles. The summed E-state index contributed by atoms with van der Waals surface area (Å²) in [7, 11) is 0. The first-order valence-electron chi connectivity index (χ1n) is 12.0. The van der Waals surface area contributed by atoms with Crippen molar-refractivity contribution in [1.29, 1.82) is 0 Å². The van der Waals surface area contributed by atoms with E-state index in [0.717, 1.165) is 9.86 Å². The monoisotopic (exact) mass is 566 g/mol. The van der Waals surface area contributed by atoms with Crippen LogP contribution in [0.3, 0.4) is 0 Å². The van der Waals surface area contributed by atoms with Crippen molar-refractivity contribution in [3.8, 4) is 5.75 Å². The molecule has 3 N–H and O–H groups in total. The Morgan fingerprint density at radius 3 is 2.45 bits per heavy atom. The lowest BCUT2D eigenvalue weighted by atomic mass is 9.67. The zero-order chi connectivity index (χ0) is 26.2. The van der Waals surface area contributed by atoms with Gasteiger partial charge in [0.05, 0.1) is 28.7 Å². The van der Waals surface area contributed by atoms with Crippen LogP contribution >= 0.6 is 15.9 Å².